The highest BCUT2D eigenvalue weighted by atomic mass is 35.5. The third-order valence-corrected chi connectivity index (χ3v) is 3.95. The number of halogens is 1. The normalized spacial score (nSPS) is 10.4. The predicted octanol–water partition coefficient (Wildman–Crippen LogP) is 4.94. The molecule has 7 nitrogen and oxygen atoms in total. The maximum Gasteiger partial charge on any atom is 0.354 e. The Morgan fingerprint density at radius 2 is 1.92 bits per heavy atom. The second-order valence-corrected chi connectivity index (χ2v) is 5.80. The second kappa shape index (κ2) is 7.79. The molecule has 0 aliphatic carbocycles. The van der Waals surface area contributed by atoms with E-state index in [-0.39, 0.29) is 17.3 Å². The van der Waals surface area contributed by atoms with Gasteiger partial charge in [0, 0.05) is 22.9 Å². The minimum atomic E-state index is -0.478. The monoisotopic (exact) mass is 369 g/mol. The van der Waals surface area contributed by atoms with Crippen LogP contribution in [0.25, 0.3) is 0 Å². The molecule has 0 atom stereocenters. The average molecular weight is 370 g/mol. The highest BCUT2D eigenvalue weighted by molar-refractivity contribution is 6.30. The largest absolute Gasteiger partial charge is 0.354 e. The van der Waals surface area contributed by atoms with E-state index in [1.54, 1.807) is 29.2 Å². The summed E-state index contributed by atoms with van der Waals surface area (Å²) in [7, 11) is 0. The fourth-order valence-electron chi connectivity index (χ4n) is 2.59. The molecule has 1 heterocycles. The molecule has 0 aliphatic rings. The van der Waals surface area contributed by atoms with Gasteiger partial charge in [0.05, 0.1) is 4.92 Å². The van der Waals surface area contributed by atoms with Gasteiger partial charge in [0.2, 0.25) is 11.6 Å². The maximum atomic E-state index is 11.8. The number of rotatable bonds is 6. The van der Waals surface area contributed by atoms with Crippen molar-refractivity contribution in [3.8, 4) is 0 Å². The summed E-state index contributed by atoms with van der Waals surface area (Å²) in [5.74, 6) is 0.333. The second-order valence-electron chi connectivity index (χ2n) is 5.37. The quantitative estimate of drug-likeness (QED) is 0.489. The smallest absolute Gasteiger partial charge is 0.334 e. The van der Waals surface area contributed by atoms with Crippen molar-refractivity contribution in [3.63, 3.8) is 0 Å². The molecule has 0 spiro atoms. The van der Waals surface area contributed by atoms with Crippen molar-refractivity contribution in [1.29, 1.82) is 0 Å². The summed E-state index contributed by atoms with van der Waals surface area (Å²) >= 11 is 5.98. The molecule has 0 amide bonds. The zero-order valence-corrected chi connectivity index (χ0v) is 14.7. The van der Waals surface area contributed by atoms with Crippen LogP contribution in [-0.2, 0) is 0 Å². The first-order valence-electron chi connectivity index (χ1n) is 7.94. The van der Waals surface area contributed by atoms with Crippen molar-refractivity contribution in [2.75, 3.05) is 16.8 Å². The molecule has 0 saturated heterocycles. The number of hydrogen-bond acceptors (Lipinski definition) is 6. The lowest BCUT2D eigenvalue weighted by molar-refractivity contribution is -0.383. The number of hydrogen-bond donors (Lipinski definition) is 1. The third-order valence-electron chi connectivity index (χ3n) is 3.71. The number of anilines is 4. The topological polar surface area (TPSA) is 84.2 Å². The number of nitro groups is 1. The van der Waals surface area contributed by atoms with Crippen molar-refractivity contribution >= 4 is 40.3 Å². The molecular weight excluding hydrogens is 354 g/mol. The summed E-state index contributed by atoms with van der Waals surface area (Å²) in [5, 5.41) is 15.3. The van der Waals surface area contributed by atoms with Gasteiger partial charge in [-0.05, 0) is 37.3 Å². The number of benzene rings is 2. The Labute approximate surface area is 155 Å². The lowest BCUT2D eigenvalue weighted by atomic mass is 10.2. The van der Waals surface area contributed by atoms with Crippen LogP contribution >= 0.6 is 11.6 Å². The van der Waals surface area contributed by atoms with Gasteiger partial charge in [0.1, 0.15) is 6.33 Å². The van der Waals surface area contributed by atoms with Crippen LogP contribution in [0, 0.1) is 10.1 Å². The first kappa shape index (κ1) is 17.6. The molecule has 0 saturated carbocycles. The lowest BCUT2D eigenvalue weighted by Crippen LogP contribution is -2.19. The van der Waals surface area contributed by atoms with Gasteiger partial charge in [-0.25, -0.2) is 9.97 Å². The summed E-state index contributed by atoms with van der Waals surface area (Å²) < 4.78 is 0. The van der Waals surface area contributed by atoms with E-state index in [2.05, 4.69) is 15.3 Å². The molecule has 0 radical (unpaired) electrons. The summed E-state index contributed by atoms with van der Waals surface area (Å²) in [6, 6.07) is 16.3. The number of aromatic nitrogens is 2. The van der Waals surface area contributed by atoms with Crippen molar-refractivity contribution in [1.82, 2.24) is 9.97 Å². The van der Waals surface area contributed by atoms with Gasteiger partial charge >= 0.3 is 5.69 Å². The van der Waals surface area contributed by atoms with Crippen molar-refractivity contribution in [2.45, 2.75) is 6.92 Å². The van der Waals surface area contributed by atoms with E-state index in [0.29, 0.717) is 17.3 Å². The Kier molecular flexibility index (Phi) is 5.28. The van der Waals surface area contributed by atoms with Crippen LogP contribution in [-0.4, -0.2) is 21.4 Å². The molecule has 26 heavy (non-hydrogen) atoms. The lowest BCUT2D eigenvalue weighted by Gasteiger charge is -2.22. The standard InChI is InChI=1S/C18H16ClN5O2/c1-2-23(15-9-4-3-5-10-15)18-16(24(25)26)17(20-12-21-18)22-14-8-6-7-13(19)11-14/h3-12H,2H2,1H3,(H,20,21,22). The minimum absolute atomic E-state index is 0.108. The fraction of sp³-hybridized carbons (Fsp3) is 0.111. The van der Waals surface area contributed by atoms with E-state index >= 15 is 0 Å². The maximum absolute atomic E-state index is 11.8. The number of nitrogens with one attached hydrogen (secondary N) is 1. The molecule has 0 fully saturated rings. The van der Waals surface area contributed by atoms with E-state index in [0.717, 1.165) is 5.69 Å². The molecule has 0 unspecified atom stereocenters. The van der Waals surface area contributed by atoms with Crippen molar-refractivity contribution in [2.24, 2.45) is 0 Å². The van der Waals surface area contributed by atoms with Crippen molar-refractivity contribution in [3.05, 3.63) is 76.1 Å². The highest BCUT2D eigenvalue weighted by Gasteiger charge is 2.27. The van der Waals surface area contributed by atoms with E-state index in [9.17, 15) is 10.1 Å². The zero-order valence-electron chi connectivity index (χ0n) is 14.0. The van der Waals surface area contributed by atoms with E-state index in [1.807, 2.05) is 37.3 Å². The van der Waals surface area contributed by atoms with Gasteiger partial charge in [0.15, 0.2) is 0 Å². The number of nitrogens with zero attached hydrogens (tertiary/aromatic N) is 4. The Balaban J connectivity index is 2.07. The summed E-state index contributed by atoms with van der Waals surface area (Å²) in [6.45, 7) is 2.42. The van der Waals surface area contributed by atoms with Crippen LogP contribution in [0.2, 0.25) is 5.02 Å². The molecule has 3 rings (SSSR count). The Morgan fingerprint density at radius 1 is 1.15 bits per heavy atom. The molecule has 0 bridgehead atoms. The summed E-state index contributed by atoms with van der Waals surface area (Å²) in [4.78, 5) is 21.3. The van der Waals surface area contributed by atoms with Gasteiger partial charge in [-0.3, -0.25) is 10.1 Å². The third kappa shape index (κ3) is 3.73. The number of para-hydroxylation sites is 1. The molecule has 0 aliphatic heterocycles. The van der Waals surface area contributed by atoms with Gasteiger partial charge in [-0.2, -0.15) is 0 Å². The summed E-state index contributed by atoms with van der Waals surface area (Å²) in [5.41, 5.74) is 1.22. The van der Waals surface area contributed by atoms with Crippen LogP contribution in [0.1, 0.15) is 6.92 Å². The minimum Gasteiger partial charge on any atom is -0.334 e. The van der Waals surface area contributed by atoms with Crippen molar-refractivity contribution < 1.29 is 4.92 Å². The van der Waals surface area contributed by atoms with Crippen LogP contribution in [0.4, 0.5) is 28.7 Å². The Hall–Kier alpha value is -3.19. The van der Waals surface area contributed by atoms with Gasteiger partial charge < -0.3 is 10.2 Å². The average Bonchev–Trinajstić information content (AvgIpc) is 2.63. The Bertz CT molecular complexity index is 920. The van der Waals surface area contributed by atoms with Gasteiger partial charge in [-0.15, -0.1) is 0 Å². The molecular formula is C18H16ClN5O2. The van der Waals surface area contributed by atoms with Gasteiger partial charge in [0.25, 0.3) is 0 Å². The van der Waals surface area contributed by atoms with Crippen LogP contribution in [0.5, 0.6) is 0 Å². The van der Waals surface area contributed by atoms with E-state index in [1.165, 1.54) is 6.33 Å². The molecule has 132 valence electrons. The van der Waals surface area contributed by atoms with Gasteiger partial charge in [-0.1, -0.05) is 35.9 Å². The predicted molar refractivity (Wildman–Crippen MR) is 103 cm³/mol. The molecule has 8 heteroatoms. The zero-order chi connectivity index (χ0) is 18.5. The summed E-state index contributed by atoms with van der Waals surface area (Å²) in [6.07, 6.45) is 1.31. The van der Waals surface area contributed by atoms with Crippen LogP contribution in [0.15, 0.2) is 60.9 Å². The Morgan fingerprint density at radius 3 is 2.58 bits per heavy atom. The molecule has 1 aromatic heterocycles. The first-order chi connectivity index (χ1) is 12.6. The van der Waals surface area contributed by atoms with Crippen LogP contribution < -0.4 is 10.2 Å². The molecule has 3 aromatic rings. The first-order valence-corrected chi connectivity index (χ1v) is 8.32. The highest BCUT2D eigenvalue weighted by Crippen LogP contribution is 2.36. The fourth-order valence-corrected chi connectivity index (χ4v) is 2.78. The van der Waals surface area contributed by atoms with E-state index < -0.39 is 4.92 Å². The van der Waals surface area contributed by atoms with E-state index in [4.69, 9.17) is 11.6 Å². The molecule has 2 aromatic carbocycles. The molecule has 1 N–H and O–H groups in total. The SMILES string of the molecule is CCN(c1ccccc1)c1ncnc(Nc2cccc(Cl)c2)c1[N+](=O)[O-]. The van der Waals surface area contributed by atoms with Crippen LogP contribution in [0.3, 0.4) is 0 Å².